The Morgan fingerprint density at radius 2 is 1.56 bits per heavy atom. The summed E-state index contributed by atoms with van der Waals surface area (Å²) in [4.78, 5) is 23.8. The molecule has 41 heavy (non-hydrogen) atoms. The summed E-state index contributed by atoms with van der Waals surface area (Å²) in [6.45, 7) is 21.7. The lowest BCUT2D eigenvalue weighted by molar-refractivity contribution is -0.179. The molecule has 0 saturated heterocycles. The molecule has 0 saturated carbocycles. The summed E-state index contributed by atoms with van der Waals surface area (Å²) in [6, 6.07) is 0. The van der Waals surface area contributed by atoms with Gasteiger partial charge in [-0.25, -0.2) is 0 Å². The Labute approximate surface area is 252 Å². The molecule has 0 fully saturated rings. The van der Waals surface area contributed by atoms with Crippen molar-refractivity contribution in [1.29, 1.82) is 0 Å². The smallest absolute Gasteiger partial charge is 0.305 e. The third-order valence-corrected chi connectivity index (χ3v) is 12.4. The number of methoxy groups -OCH3 is 1. The van der Waals surface area contributed by atoms with Crippen molar-refractivity contribution in [3.05, 3.63) is 24.3 Å². The maximum absolute atomic E-state index is 12.0. The summed E-state index contributed by atoms with van der Waals surface area (Å²) in [6.07, 6.45) is 14.7. The molecule has 2 unspecified atom stereocenters. The molecule has 0 aromatic rings. The Bertz CT molecular complexity index is 766. The second-order valence-corrected chi connectivity index (χ2v) is 17.1. The maximum Gasteiger partial charge on any atom is 0.305 e. The van der Waals surface area contributed by atoms with Crippen LogP contribution in [0.15, 0.2) is 24.3 Å². The summed E-state index contributed by atoms with van der Waals surface area (Å²) in [5.41, 5.74) is 0. The van der Waals surface area contributed by atoms with Gasteiger partial charge in [-0.05, 0) is 71.0 Å². The minimum atomic E-state index is -2.10. The molecule has 0 aliphatic carbocycles. The molecule has 240 valence electrons. The number of carbonyl (C=O) groups is 2. The second-order valence-electron chi connectivity index (χ2n) is 12.3. The van der Waals surface area contributed by atoms with Gasteiger partial charge < -0.3 is 23.4 Å². The number of esters is 2. The van der Waals surface area contributed by atoms with Gasteiger partial charge in [-0.2, -0.15) is 0 Å². The third-order valence-electron chi connectivity index (χ3n) is 7.87. The SMILES string of the molecule is CCCCC/C=C\C[C@@H](C(C)OC(C)=O)C(/C=C/[C@H](CCCC(=O)OC)O[Si](C)(C)C(C)(C)C)C(OCC)OCC. The highest BCUT2D eigenvalue weighted by Crippen LogP contribution is 2.38. The van der Waals surface area contributed by atoms with Crippen LogP contribution in [0.2, 0.25) is 18.1 Å². The van der Waals surface area contributed by atoms with Crippen LogP contribution in [0.5, 0.6) is 0 Å². The minimum absolute atomic E-state index is 0.0367. The molecule has 7 nitrogen and oxygen atoms in total. The molecular weight excluding hydrogens is 536 g/mol. The van der Waals surface area contributed by atoms with Crippen molar-refractivity contribution < 1.29 is 33.0 Å². The highest BCUT2D eigenvalue weighted by Gasteiger charge is 2.39. The van der Waals surface area contributed by atoms with Crippen LogP contribution in [0.25, 0.3) is 0 Å². The summed E-state index contributed by atoms with van der Waals surface area (Å²) in [7, 11) is -0.684. The van der Waals surface area contributed by atoms with E-state index in [1.54, 1.807) is 0 Å². The molecular formula is C33H62O7Si. The first-order valence-corrected chi connectivity index (χ1v) is 18.6. The standard InChI is InChI=1S/C33H62O7Si/c1-12-15-16-17-18-19-22-29(26(4)39-27(5)34)30(32(37-13-2)38-14-3)25-24-28(21-20-23-31(35)36-9)40-41(10,11)33(6,7)8/h18-19,24-26,28-30,32H,12-17,20-23H2,1-11H3/b19-18-,25-24+/t26?,28-,29-,30?/m0/s1. The number of ether oxygens (including phenoxy) is 4. The van der Waals surface area contributed by atoms with Crippen LogP contribution in [0.1, 0.15) is 107 Å². The average Bonchev–Trinajstić information content (AvgIpc) is 2.87. The van der Waals surface area contributed by atoms with E-state index in [2.05, 4.69) is 65.1 Å². The lowest BCUT2D eigenvalue weighted by Crippen LogP contribution is -2.43. The van der Waals surface area contributed by atoms with Gasteiger partial charge in [-0.3, -0.25) is 9.59 Å². The number of unbranched alkanes of at least 4 members (excludes halogenated alkanes) is 3. The summed E-state index contributed by atoms with van der Waals surface area (Å²) < 4.78 is 29.7. The zero-order chi connectivity index (χ0) is 31.5. The van der Waals surface area contributed by atoms with E-state index in [4.69, 9.17) is 23.4 Å². The summed E-state index contributed by atoms with van der Waals surface area (Å²) >= 11 is 0. The Balaban J connectivity index is 6.41. The van der Waals surface area contributed by atoms with E-state index in [0.717, 1.165) is 12.8 Å². The molecule has 0 rings (SSSR count). The van der Waals surface area contributed by atoms with E-state index in [-0.39, 0.29) is 41.0 Å². The zero-order valence-corrected chi connectivity index (χ0v) is 29.1. The first-order chi connectivity index (χ1) is 19.2. The fraction of sp³-hybridized carbons (Fsp3) is 0.818. The Morgan fingerprint density at radius 1 is 0.927 bits per heavy atom. The van der Waals surface area contributed by atoms with Gasteiger partial charge in [0.2, 0.25) is 0 Å². The van der Waals surface area contributed by atoms with Crippen molar-refractivity contribution in [3.63, 3.8) is 0 Å². The van der Waals surface area contributed by atoms with E-state index in [1.807, 2.05) is 20.8 Å². The molecule has 0 aliphatic rings. The Morgan fingerprint density at radius 3 is 2.07 bits per heavy atom. The molecule has 0 aromatic heterocycles. The van der Waals surface area contributed by atoms with Gasteiger partial charge in [0.1, 0.15) is 6.10 Å². The average molecular weight is 599 g/mol. The van der Waals surface area contributed by atoms with Gasteiger partial charge in [0.05, 0.1) is 13.2 Å². The van der Waals surface area contributed by atoms with Gasteiger partial charge >= 0.3 is 11.9 Å². The van der Waals surface area contributed by atoms with Crippen molar-refractivity contribution in [2.75, 3.05) is 20.3 Å². The maximum atomic E-state index is 12.0. The van der Waals surface area contributed by atoms with Crippen LogP contribution < -0.4 is 0 Å². The molecule has 4 atom stereocenters. The number of hydrogen-bond donors (Lipinski definition) is 0. The van der Waals surface area contributed by atoms with Crippen molar-refractivity contribution in [2.45, 2.75) is 143 Å². The van der Waals surface area contributed by atoms with Gasteiger partial charge in [-0.15, -0.1) is 0 Å². The molecule has 0 heterocycles. The van der Waals surface area contributed by atoms with Crippen molar-refractivity contribution >= 4 is 20.3 Å². The van der Waals surface area contributed by atoms with Gasteiger partial charge in [-0.1, -0.05) is 64.8 Å². The van der Waals surface area contributed by atoms with E-state index in [1.165, 1.54) is 33.3 Å². The largest absolute Gasteiger partial charge is 0.469 e. The van der Waals surface area contributed by atoms with Crippen LogP contribution >= 0.6 is 0 Å². The van der Waals surface area contributed by atoms with Crippen molar-refractivity contribution in [1.82, 2.24) is 0 Å². The van der Waals surface area contributed by atoms with E-state index in [0.29, 0.717) is 32.5 Å². The van der Waals surface area contributed by atoms with Crippen LogP contribution in [0.4, 0.5) is 0 Å². The lowest BCUT2D eigenvalue weighted by Gasteiger charge is -2.39. The number of carbonyl (C=O) groups excluding carboxylic acids is 2. The summed E-state index contributed by atoms with van der Waals surface area (Å²) in [5.74, 6) is -0.768. The number of hydrogen-bond acceptors (Lipinski definition) is 7. The Hall–Kier alpha value is -1.48. The fourth-order valence-electron chi connectivity index (χ4n) is 4.48. The zero-order valence-electron chi connectivity index (χ0n) is 28.1. The van der Waals surface area contributed by atoms with Crippen LogP contribution in [-0.4, -0.2) is 59.1 Å². The van der Waals surface area contributed by atoms with Crippen LogP contribution in [0, 0.1) is 11.8 Å². The predicted molar refractivity (Wildman–Crippen MR) is 170 cm³/mol. The number of allylic oxidation sites excluding steroid dienone is 2. The third kappa shape index (κ3) is 16.7. The van der Waals surface area contributed by atoms with Gasteiger partial charge in [0.15, 0.2) is 14.6 Å². The van der Waals surface area contributed by atoms with Crippen molar-refractivity contribution in [2.24, 2.45) is 11.8 Å². The second kappa shape index (κ2) is 21.2. The van der Waals surface area contributed by atoms with E-state index in [9.17, 15) is 9.59 Å². The van der Waals surface area contributed by atoms with Gasteiger partial charge in [0, 0.05) is 38.4 Å². The van der Waals surface area contributed by atoms with Crippen LogP contribution in [0.3, 0.4) is 0 Å². The first kappa shape index (κ1) is 39.5. The van der Waals surface area contributed by atoms with Crippen LogP contribution in [-0.2, 0) is 33.0 Å². The monoisotopic (exact) mass is 598 g/mol. The predicted octanol–water partition coefficient (Wildman–Crippen LogP) is 8.39. The van der Waals surface area contributed by atoms with Gasteiger partial charge in [0.25, 0.3) is 0 Å². The molecule has 0 bridgehead atoms. The normalized spacial score (nSPS) is 15.8. The molecule has 0 amide bonds. The first-order valence-electron chi connectivity index (χ1n) is 15.7. The topological polar surface area (TPSA) is 80.3 Å². The Kier molecular flexibility index (Phi) is 20.5. The number of rotatable bonds is 22. The quantitative estimate of drug-likeness (QED) is 0.0407. The minimum Gasteiger partial charge on any atom is -0.469 e. The molecule has 0 aliphatic heterocycles. The summed E-state index contributed by atoms with van der Waals surface area (Å²) in [5, 5.41) is 0.0367. The molecule has 0 N–H and O–H groups in total. The lowest BCUT2D eigenvalue weighted by atomic mass is 9.83. The molecule has 0 radical (unpaired) electrons. The van der Waals surface area contributed by atoms with Crippen molar-refractivity contribution in [3.8, 4) is 0 Å². The molecule has 0 aromatic carbocycles. The fourth-order valence-corrected chi connectivity index (χ4v) is 5.79. The highest BCUT2D eigenvalue weighted by atomic mass is 28.4. The highest BCUT2D eigenvalue weighted by molar-refractivity contribution is 6.74. The molecule has 8 heteroatoms. The van der Waals surface area contributed by atoms with E-state index < -0.39 is 14.6 Å². The molecule has 0 spiro atoms. The van der Waals surface area contributed by atoms with E-state index >= 15 is 0 Å².